The Kier molecular flexibility index (Phi) is 4.29. The maximum atomic E-state index is 2.74. The molecule has 0 radical (unpaired) electrons. The van der Waals surface area contributed by atoms with E-state index < -0.39 is 0 Å². The number of benzene rings is 1. The standard InChI is InChI=1S/C19H23NS2/c1-2-14-7-10-20(11-8-14)18-16-6-4-3-5-15(16)13-22-19-17(18)9-12-21-19/h3-6,9,12,14,18H,2,7-8,10-11,13H2,1H3. The third-order valence-electron chi connectivity index (χ3n) is 5.25. The first kappa shape index (κ1) is 14.8. The lowest BCUT2D eigenvalue weighted by atomic mass is 9.89. The van der Waals surface area contributed by atoms with Gasteiger partial charge < -0.3 is 0 Å². The lowest BCUT2D eigenvalue weighted by molar-refractivity contribution is 0.148. The molecule has 1 nitrogen and oxygen atoms in total. The highest BCUT2D eigenvalue weighted by atomic mass is 32.2. The number of thioether (sulfide) groups is 1. The van der Waals surface area contributed by atoms with E-state index in [-0.39, 0.29) is 0 Å². The van der Waals surface area contributed by atoms with E-state index in [0.717, 1.165) is 11.7 Å². The summed E-state index contributed by atoms with van der Waals surface area (Å²) in [6.45, 7) is 4.84. The van der Waals surface area contributed by atoms with Gasteiger partial charge in [0.05, 0.1) is 10.3 Å². The molecule has 2 aliphatic rings. The fourth-order valence-corrected chi connectivity index (χ4v) is 6.05. The van der Waals surface area contributed by atoms with Crippen LogP contribution >= 0.6 is 23.1 Å². The summed E-state index contributed by atoms with van der Waals surface area (Å²) in [6.07, 6.45) is 4.07. The minimum Gasteiger partial charge on any atom is -0.292 e. The van der Waals surface area contributed by atoms with E-state index in [9.17, 15) is 0 Å². The Morgan fingerprint density at radius 1 is 1.09 bits per heavy atom. The number of rotatable bonds is 2. The second-order valence-electron chi connectivity index (χ2n) is 6.44. The van der Waals surface area contributed by atoms with E-state index in [1.807, 2.05) is 23.1 Å². The van der Waals surface area contributed by atoms with E-state index in [2.05, 4.69) is 47.5 Å². The fourth-order valence-electron chi connectivity index (χ4n) is 3.88. The van der Waals surface area contributed by atoms with Gasteiger partial charge in [0.1, 0.15) is 0 Å². The first-order chi connectivity index (χ1) is 10.9. The maximum Gasteiger partial charge on any atom is 0.0653 e. The van der Waals surface area contributed by atoms with Crippen molar-refractivity contribution in [2.45, 2.75) is 42.2 Å². The summed E-state index contributed by atoms with van der Waals surface area (Å²) in [4.78, 5) is 2.74. The molecule has 0 amide bonds. The van der Waals surface area contributed by atoms with E-state index in [1.165, 1.54) is 42.1 Å². The van der Waals surface area contributed by atoms with Crippen molar-refractivity contribution in [2.75, 3.05) is 13.1 Å². The first-order valence-corrected chi connectivity index (χ1v) is 10.3. The molecule has 2 aromatic rings. The summed E-state index contributed by atoms with van der Waals surface area (Å²) in [5, 5.41) is 2.28. The minimum absolute atomic E-state index is 0.477. The molecule has 3 heteroatoms. The number of fused-ring (bicyclic) bond motifs is 2. The van der Waals surface area contributed by atoms with Crippen molar-refractivity contribution in [3.05, 3.63) is 52.4 Å². The van der Waals surface area contributed by atoms with Gasteiger partial charge in [0.2, 0.25) is 0 Å². The van der Waals surface area contributed by atoms with Crippen molar-refractivity contribution in [3.8, 4) is 0 Å². The zero-order valence-corrected chi connectivity index (χ0v) is 14.8. The molecule has 1 fully saturated rings. The van der Waals surface area contributed by atoms with Gasteiger partial charge in [0.25, 0.3) is 0 Å². The number of hydrogen-bond acceptors (Lipinski definition) is 3. The molecule has 0 N–H and O–H groups in total. The van der Waals surface area contributed by atoms with Gasteiger partial charge in [-0.15, -0.1) is 23.1 Å². The van der Waals surface area contributed by atoms with Gasteiger partial charge >= 0.3 is 0 Å². The monoisotopic (exact) mass is 329 g/mol. The Balaban J connectivity index is 1.72. The predicted octanol–water partition coefficient (Wildman–Crippen LogP) is 5.57. The van der Waals surface area contributed by atoms with E-state index in [4.69, 9.17) is 0 Å². The lowest BCUT2D eigenvalue weighted by Crippen LogP contribution is -2.37. The molecule has 1 unspecified atom stereocenters. The first-order valence-electron chi connectivity index (χ1n) is 8.39. The molecular weight excluding hydrogens is 306 g/mol. The van der Waals surface area contributed by atoms with Gasteiger partial charge in [-0.25, -0.2) is 0 Å². The highest BCUT2D eigenvalue weighted by Crippen LogP contribution is 2.45. The molecule has 0 spiro atoms. The lowest BCUT2D eigenvalue weighted by Gasteiger charge is -2.38. The van der Waals surface area contributed by atoms with Crippen molar-refractivity contribution in [3.63, 3.8) is 0 Å². The van der Waals surface area contributed by atoms with Crippen molar-refractivity contribution in [1.29, 1.82) is 0 Å². The predicted molar refractivity (Wildman–Crippen MR) is 96.8 cm³/mol. The second-order valence-corrected chi connectivity index (χ2v) is 8.60. The molecule has 1 aromatic carbocycles. The van der Waals surface area contributed by atoms with Crippen LogP contribution in [0.4, 0.5) is 0 Å². The van der Waals surface area contributed by atoms with E-state index in [1.54, 1.807) is 11.1 Å². The maximum absolute atomic E-state index is 2.74. The van der Waals surface area contributed by atoms with Gasteiger partial charge in [-0.2, -0.15) is 0 Å². The molecule has 4 rings (SSSR count). The topological polar surface area (TPSA) is 3.24 Å². The van der Waals surface area contributed by atoms with Crippen LogP contribution in [-0.4, -0.2) is 18.0 Å². The Morgan fingerprint density at radius 3 is 2.73 bits per heavy atom. The van der Waals surface area contributed by atoms with Crippen LogP contribution in [0.3, 0.4) is 0 Å². The Hall–Kier alpha value is -0.770. The van der Waals surface area contributed by atoms with E-state index >= 15 is 0 Å². The molecule has 1 aromatic heterocycles. The summed E-state index contributed by atoms with van der Waals surface area (Å²) < 4.78 is 1.53. The summed E-state index contributed by atoms with van der Waals surface area (Å²) in [5.74, 6) is 2.06. The van der Waals surface area contributed by atoms with Crippen molar-refractivity contribution in [1.82, 2.24) is 4.90 Å². The van der Waals surface area contributed by atoms with Crippen LogP contribution in [0.2, 0.25) is 0 Å². The van der Waals surface area contributed by atoms with E-state index in [0.29, 0.717) is 6.04 Å². The molecule has 2 aliphatic heterocycles. The summed E-state index contributed by atoms with van der Waals surface area (Å²) in [6, 6.07) is 11.9. The summed E-state index contributed by atoms with van der Waals surface area (Å²) in [7, 11) is 0. The van der Waals surface area contributed by atoms with Crippen molar-refractivity contribution >= 4 is 23.1 Å². The molecule has 1 saturated heterocycles. The SMILES string of the molecule is CCC1CCN(C2c3ccccc3CSc3sccc32)CC1. The van der Waals surface area contributed by atoms with Crippen molar-refractivity contribution < 1.29 is 0 Å². The Labute approximate surface area is 141 Å². The number of thiophene rings is 1. The average molecular weight is 330 g/mol. The minimum atomic E-state index is 0.477. The van der Waals surface area contributed by atoms with Crippen LogP contribution in [0.1, 0.15) is 48.9 Å². The normalized spacial score (nSPS) is 22.9. The number of nitrogens with zero attached hydrogens (tertiary/aromatic N) is 1. The molecule has 3 heterocycles. The molecule has 22 heavy (non-hydrogen) atoms. The van der Waals surface area contributed by atoms with Crippen LogP contribution in [0, 0.1) is 5.92 Å². The van der Waals surface area contributed by atoms with Gasteiger partial charge in [0, 0.05) is 5.75 Å². The van der Waals surface area contributed by atoms with Gasteiger partial charge in [0.15, 0.2) is 0 Å². The van der Waals surface area contributed by atoms with Crippen LogP contribution < -0.4 is 0 Å². The highest BCUT2D eigenvalue weighted by molar-refractivity contribution is 8.00. The second kappa shape index (κ2) is 6.38. The molecule has 0 bridgehead atoms. The van der Waals surface area contributed by atoms with Gasteiger partial charge in [-0.05, 0) is 60.0 Å². The largest absolute Gasteiger partial charge is 0.292 e. The highest BCUT2D eigenvalue weighted by Gasteiger charge is 2.31. The average Bonchev–Trinajstić information content (AvgIpc) is 2.97. The van der Waals surface area contributed by atoms with Crippen LogP contribution in [0.15, 0.2) is 39.9 Å². The van der Waals surface area contributed by atoms with Crippen LogP contribution in [0.5, 0.6) is 0 Å². The molecule has 116 valence electrons. The van der Waals surface area contributed by atoms with Crippen molar-refractivity contribution in [2.24, 2.45) is 5.92 Å². The zero-order valence-electron chi connectivity index (χ0n) is 13.1. The molecule has 0 aliphatic carbocycles. The smallest absolute Gasteiger partial charge is 0.0653 e. The van der Waals surface area contributed by atoms with Crippen LogP contribution in [-0.2, 0) is 5.75 Å². The fraction of sp³-hybridized carbons (Fsp3) is 0.474. The molecular formula is C19H23NS2. The quantitative estimate of drug-likeness (QED) is 0.709. The number of hydrogen-bond donors (Lipinski definition) is 0. The Morgan fingerprint density at radius 2 is 1.91 bits per heavy atom. The zero-order chi connectivity index (χ0) is 14.9. The number of piperidine rings is 1. The number of likely N-dealkylation sites (tertiary alicyclic amines) is 1. The molecule has 0 saturated carbocycles. The summed E-state index contributed by atoms with van der Waals surface area (Å²) in [5.41, 5.74) is 4.62. The summed E-state index contributed by atoms with van der Waals surface area (Å²) >= 11 is 3.94. The Bertz CT molecular complexity index is 640. The third-order valence-corrected chi connectivity index (χ3v) is 7.57. The molecule has 1 atom stereocenters. The van der Waals surface area contributed by atoms with Gasteiger partial charge in [-0.3, -0.25) is 4.90 Å². The van der Waals surface area contributed by atoms with Crippen LogP contribution in [0.25, 0.3) is 0 Å². The van der Waals surface area contributed by atoms with Gasteiger partial charge in [-0.1, -0.05) is 37.6 Å². The third kappa shape index (κ3) is 2.64.